The molecule has 1 saturated heterocycles. The number of likely N-dealkylation sites (tertiary alicyclic amines) is 1. The zero-order valence-corrected chi connectivity index (χ0v) is 10.8. The van der Waals surface area contributed by atoms with E-state index in [1.807, 2.05) is 20.8 Å². The van der Waals surface area contributed by atoms with Crippen LogP contribution in [-0.2, 0) is 4.74 Å². The molecule has 1 rings (SSSR count). The predicted molar refractivity (Wildman–Crippen MR) is 59.7 cm³/mol. The van der Waals surface area contributed by atoms with E-state index in [1.165, 1.54) is 0 Å². The van der Waals surface area contributed by atoms with Crippen molar-refractivity contribution in [2.75, 3.05) is 13.1 Å². The molecule has 0 aliphatic carbocycles. The summed E-state index contributed by atoms with van der Waals surface area (Å²) >= 11 is 3.54. The highest BCUT2D eigenvalue weighted by Gasteiger charge is 2.33. The summed E-state index contributed by atoms with van der Waals surface area (Å²) in [6.07, 6.45) is -0.202. The average molecular weight is 264 g/mol. The quantitative estimate of drug-likeness (QED) is 0.629. The minimum Gasteiger partial charge on any atom is -0.444 e. The maximum atomic E-state index is 11.6. The van der Waals surface area contributed by atoms with Crippen LogP contribution in [0, 0.1) is 5.92 Å². The van der Waals surface area contributed by atoms with Gasteiger partial charge in [0.15, 0.2) is 0 Å². The minimum atomic E-state index is -0.398. The van der Waals surface area contributed by atoms with Gasteiger partial charge in [0.1, 0.15) is 5.60 Å². The zero-order chi connectivity index (χ0) is 10.9. The number of carbonyl (C=O) groups is 1. The topological polar surface area (TPSA) is 29.5 Å². The highest BCUT2D eigenvalue weighted by molar-refractivity contribution is 9.09. The van der Waals surface area contributed by atoms with Gasteiger partial charge in [-0.05, 0) is 26.7 Å². The Labute approximate surface area is 93.9 Å². The van der Waals surface area contributed by atoms with E-state index in [9.17, 15) is 4.79 Å². The fourth-order valence-electron chi connectivity index (χ4n) is 1.40. The van der Waals surface area contributed by atoms with Gasteiger partial charge in [0.2, 0.25) is 0 Å². The van der Waals surface area contributed by atoms with Gasteiger partial charge in [0, 0.05) is 17.9 Å². The van der Waals surface area contributed by atoms with Crippen molar-refractivity contribution in [2.24, 2.45) is 5.92 Å². The molecule has 14 heavy (non-hydrogen) atoms. The molecule has 0 aromatic heterocycles. The third-order valence-electron chi connectivity index (χ3n) is 2.17. The van der Waals surface area contributed by atoms with Crippen molar-refractivity contribution in [1.29, 1.82) is 0 Å². The number of hydrogen-bond acceptors (Lipinski definition) is 2. The first kappa shape index (κ1) is 11.8. The molecule has 1 fully saturated rings. The molecular formula is C10H18BrNO2. The third kappa shape index (κ3) is 3.15. The summed E-state index contributed by atoms with van der Waals surface area (Å²) in [6, 6.07) is 0. The van der Waals surface area contributed by atoms with Gasteiger partial charge in [-0.15, -0.1) is 0 Å². The van der Waals surface area contributed by atoms with Gasteiger partial charge in [0.25, 0.3) is 0 Å². The fraction of sp³-hybridized carbons (Fsp3) is 0.900. The van der Waals surface area contributed by atoms with E-state index >= 15 is 0 Å². The molecule has 0 radical (unpaired) electrons. The first-order chi connectivity index (χ1) is 6.29. The van der Waals surface area contributed by atoms with Gasteiger partial charge < -0.3 is 9.64 Å². The van der Waals surface area contributed by atoms with Gasteiger partial charge in [-0.25, -0.2) is 4.79 Å². The Kier molecular flexibility index (Phi) is 3.45. The van der Waals surface area contributed by atoms with Crippen LogP contribution in [-0.4, -0.2) is 34.5 Å². The lowest BCUT2D eigenvalue weighted by Crippen LogP contribution is -2.35. The van der Waals surface area contributed by atoms with Crippen LogP contribution in [0.25, 0.3) is 0 Å². The highest BCUT2D eigenvalue weighted by Crippen LogP contribution is 2.24. The number of amides is 1. The molecule has 1 heterocycles. The summed E-state index contributed by atoms with van der Waals surface area (Å²) in [5.74, 6) is 0.502. The largest absolute Gasteiger partial charge is 0.444 e. The van der Waals surface area contributed by atoms with Gasteiger partial charge in [-0.3, -0.25) is 0 Å². The van der Waals surface area contributed by atoms with E-state index < -0.39 is 5.60 Å². The van der Waals surface area contributed by atoms with E-state index in [0.29, 0.717) is 10.7 Å². The molecule has 82 valence electrons. The average Bonchev–Trinajstić information content (AvgIpc) is 2.28. The number of carbonyl (C=O) groups excluding carboxylic acids is 1. The van der Waals surface area contributed by atoms with E-state index in [0.717, 1.165) is 13.1 Å². The van der Waals surface area contributed by atoms with E-state index in [2.05, 4.69) is 22.9 Å². The summed E-state index contributed by atoms with van der Waals surface area (Å²) in [5, 5.41) is 0. The van der Waals surface area contributed by atoms with Crippen LogP contribution in [0.1, 0.15) is 27.7 Å². The number of rotatable bonds is 0. The summed E-state index contributed by atoms with van der Waals surface area (Å²) in [7, 11) is 0. The molecule has 0 saturated carbocycles. The molecule has 0 spiro atoms. The van der Waals surface area contributed by atoms with Crippen LogP contribution in [0.4, 0.5) is 4.79 Å². The molecular weight excluding hydrogens is 246 g/mol. The normalized spacial score (nSPS) is 27.9. The zero-order valence-electron chi connectivity index (χ0n) is 9.21. The Bertz CT molecular complexity index is 215. The van der Waals surface area contributed by atoms with Crippen molar-refractivity contribution in [3.05, 3.63) is 0 Å². The van der Waals surface area contributed by atoms with E-state index in [4.69, 9.17) is 4.74 Å². The molecule has 0 bridgehead atoms. The van der Waals surface area contributed by atoms with E-state index in [1.54, 1.807) is 4.90 Å². The van der Waals surface area contributed by atoms with Gasteiger partial charge >= 0.3 is 6.09 Å². The summed E-state index contributed by atoms with van der Waals surface area (Å²) in [5.41, 5.74) is -0.398. The molecule has 3 nitrogen and oxygen atoms in total. The second kappa shape index (κ2) is 4.09. The summed E-state index contributed by atoms with van der Waals surface area (Å²) in [4.78, 5) is 13.8. The van der Waals surface area contributed by atoms with Gasteiger partial charge in [-0.2, -0.15) is 0 Å². The lowest BCUT2D eigenvalue weighted by atomic mass is 10.2. The molecule has 2 atom stereocenters. The van der Waals surface area contributed by atoms with Crippen LogP contribution >= 0.6 is 15.9 Å². The third-order valence-corrected chi connectivity index (χ3v) is 3.36. The van der Waals surface area contributed by atoms with Crippen molar-refractivity contribution in [3.8, 4) is 0 Å². The Hall–Kier alpha value is -0.250. The maximum Gasteiger partial charge on any atom is 0.410 e. The van der Waals surface area contributed by atoms with Crippen molar-refractivity contribution < 1.29 is 9.53 Å². The molecule has 4 heteroatoms. The smallest absolute Gasteiger partial charge is 0.410 e. The lowest BCUT2D eigenvalue weighted by Gasteiger charge is -2.24. The number of nitrogens with zero attached hydrogens (tertiary/aromatic N) is 1. The second-order valence-electron chi connectivity index (χ2n) is 4.88. The first-order valence-corrected chi connectivity index (χ1v) is 5.83. The molecule has 0 N–H and O–H groups in total. The van der Waals surface area contributed by atoms with Crippen LogP contribution in [0.3, 0.4) is 0 Å². The minimum absolute atomic E-state index is 0.202. The monoisotopic (exact) mass is 263 g/mol. The molecule has 0 aromatic carbocycles. The SMILES string of the molecule is CC1CN(C(=O)OC(C)(C)C)CC1Br. The Morgan fingerprint density at radius 3 is 2.36 bits per heavy atom. The van der Waals surface area contributed by atoms with Crippen molar-refractivity contribution in [3.63, 3.8) is 0 Å². The summed E-state index contributed by atoms with van der Waals surface area (Å²) in [6.45, 7) is 9.31. The van der Waals surface area contributed by atoms with Crippen LogP contribution in [0.15, 0.2) is 0 Å². The maximum absolute atomic E-state index is 11.6. The number of ether oxygens (including phenoxy) is 1. The van der Waals surface area contributed by atoms with Crippen LogP contribution in [0.5, 0.6) is 0 Å². The predicted octanol–water partition coefficient (Wildman–Crippen LogP) is 2.64. The molecule has 0 aromatic rings. The Balaban J connectivity index is 2.48. The standard InChI is InChI=1S/C10H18BrNO2/c1-7-5-12(6-8(7)11)9(13)14-10(2,3)4/h7-8H,5-6H2,1-4H3. The number of halogens is 1. The number of hydrogen-bond donors (Lipinski definition) is 0. The first-order valence-electron chi connectivity index (χ1n) is 4.91. The lowest BCUT2D eigenvalue weighted by molar-refractivity contribution is 0.0290. The van der Waals surface area contributed by atoms with Crippen molar-refractivity contribution in [2.45, 2.75) is 38.1 Å². The fourth-order valence-corrected chi connectivity index (χ4v) is 1.92. The van der Waals surface area contributed by atoms with Gasteiger partial charge in [-0.1, -0.05) is 22.9 Å². The van der Waals surface area contributed by atoms with Gasteiger partial charge in [0.05, 0.1) is 0 Å². The Morgan fingerprint density at radius 2 is 2.00 bits per heavy atom. The van der Waals surface area contributed by atoms with Crippen LogP contribution in [0.2, 0.25) is 0 Å². The Morgan fingerprint density at radius 1 is 1.43 bits per heavy atom. The highest BCUT2D eigenvalue weighted by atomic mass is 79.9. The molecule has 2 unspecified atom stereocenters. The summed E-state index contributed by atoms with van der Waals surface area (Å²) < 4.78 is 5.28. The van der Waals surface area contributed by atoms with Crippen molar-refractivity contribution >= 4 is 22.0 Å². The van der Waals surface area contributed by atoms with Crippen molar-refractivity contribution in [1.82, 2.24) is 4.90 Å². The molecule has 1 aliphatic heterocycles. The van der Waals surface area contributed by atoms with E-state index in [-0.39, 0.29) is 6.09 Å². The molecule has 1 aliphatic rings. The van der Waals surface area contributed by atoms with Crippen LogP contribution < -0.4 is 0 Å². The number of alkyl halides is 1. The molecule has 1 amide bonds. The second-order valence-corrected chi connectivity index (χ2v) is 6.05.